The highest BCUT2D eigenvalue weighted by atomic mass is 35.5. The number of halogens is 4. The number of amides is 1. The first-order valence-electron chi connectivity index (χ1n) is 7.08. The van der Waals surface area contributed by atoms with Crippen molar-refractivity contribution in [2.45, 2.75) is 13.1 Å². The molecule has 0 unspecified atom stereocenters. The number of carbonyl (C=O) groups is 2. The average Bonchev–Trinajstić information content (AvgIpc) is 2.53. The van der Waals surface area contributed by atoms with E-state index in [1.165, 1.54) is 37.3 Å². The van der Waals surface area contributed by atoms with Gasteiger partial charge in [-0.3, -0.25) is 9.59 Å². The van der Waals surface area contributed by atoms with Crippen LogP contribution in [0.15, 0.2) is 42.5 Å². The summed E-state index contributed by atoms with van der Waals surface area (Å²) in [5.41, 5.74) is -1.15. The van der Waals surface area contributed by atoms with Gasteiger partial charge in [0.25, 0.3) is 5.91 Å². The number of Topliss-reactive ketones (excluding diaryl/α,β-unsaturated/α-hetero) is 1. The Kier molecular flexibility index (Phi) is 5.69. The molecule has 0 aromatic heterocycles. The molecule has 4 nitrogen and oxygen atoms in total. The van der Waals surface area contributed by atoms with Crippen molar-refractivity contribution in [2.24, 2.45) is 0 Å². The quantitative estimate of drug-likeness (QED) is 0.783. The highest BCUT2D eigenvalue weighted by Gasteiger charge is 2.33. The number of rotatable bonds is 5. The lowest BCUT2D eigenvalue weighted by Crippen LogP contribution is -2.22. The first-order valence-corrected chi connectivity index (χ1v) is 7.45. The van der Waals surface area contributed by atoms with E-state index in [1.807, 2.05) is 0 Å². The molecule has 0 atom stereocenters. The van der Waals surface area contributed by atoms with E-state index in [2.05, 4.69) is 5.32 Å². The van der Waals surface area contributed by atoms with E-state index in [0.717, 1.165) is 12.1 Å². The highest BCUT2D eigenvalue weighted by Crippen LogP contribution is 2.34. The van der Waals surface area contributed by atoms with Gasteiger partial charge in [-0.15, -0.1) is 0 Å². The number of ketones is 1. The molecule has 0 fully saturated rings. The molecular weight excluding hydrogens is 359 g/mol. The van der Waals surface area contributed by atoms with E-state index in [9.17, 15) is 22.8 Å². The number of carbonyl (C=O) groups excluding carboxylic acids is 2. The molecule has 0 saturated carbocycles. The molecule has 25 heavy (non-hydrogen) atoms. The number of hydrogen-bond donors (Lipinski definition) is 1. The van der Waals surface area contributed by atoms with Gasteiger partial charge in [0.2, 0.25) is 0 Å². The van der Waals surface area contributed by atoms with Gasteiger partial charge in [-0.25, -0.2) is 0 Å². The van der Waals surface area contributed by atoms with Crippen molar-refractivity contribution in [1.82, 2.24) is 0 Å². The molecule has 1 N–H and O–H groups in total. The molecule has 0 spiro atoms. The fraction of sp³-hybridized carbons (Fsp3) is 0.176. The normalized spacial score (nSPS) is 11.1. The zero-order valence-electron chi connectivity index (χ0n) is 13.0. The monoisotopic (exact) mass is 371 g/mol. The van der Waals surface area contributed by atoms with Crippen molar-refractivity contribution in [2.75, 3.05) is 11.9 Å². The Morgan fingerprint density at radius 1 is 1.16 bits per heavy atom. The van der Waals surface area contributed by atoms with E-state index < -0.39 is 24.3 Å². The summed E-state index contributed by atoms with van der Waals surface area (Å²) >= 11 is 5.80. The Bertz CT molecular complexity index is 806. The molecule has 2 aromatic carbocycles. The lowest BCUT2D eigenvalue weighted by atomic mass is 10.1. The van der Waals surface area contributed by atoms with Gasteiger partial charge in [0, 0.05) is 5.02 Å². The molecular formula is C17H13ClF3NO3. The third-order valence-corrected chi connectivity index (χ3v) is 3.42. The summed E-state index contributed by atoms with van der Waals surface area (Å²) in [6, 6.07) is 8.88. The maximum Gasteiger partial charge on any atom is 0.418 e. The lowest BCUT2D eigenvalue weighted by molar-refractivity contribution is -0.137. The van der Waals surface area contributed by atoms with E-state index >= 15 is 0 Å². The molecule has 0 saturated heterocycles. The molecule has 0 bridgehead atoms. The van der Waals surface area contributed by atoms with Crippen molar-refractivity contribution in [1.29, 1.82) is 0 Å². The zero-order valence-corrected chi connectivity index (χ0v) is 13.7. The molecule has 132 valence electrons. The molecule has 0 aliphatic carbocycles. The Balaban J connectivity index is 2.09. The summed E-state index contributed by atoms with van der Waals surface area (Å²) in [7, 11) is 0. The lowest BCUT2D eigenvalue weighted by Gasteiger charge is -2.14. The maximum atomic E-state index is 12.9. The fourth-order valence-corrected chi connectivity index (χ4v) is 2.24. The summed E-state index contributed by atoms with van der Waals surface area (Å²) in [4.78, 5) is 23.4. The number of para-hydroxylation sites is 1. The minimum Gasteiger partial charge on any atom is -0.483 e. The van der Waals surface area contributed by atoms with Crippen molar-refractivity contribution in [3.05, 3.63) is 58.6 Å². The summed E-state index contributed by atoms with van der Waals surface area (Å²) in [6.07, 6.45) is -4.59. The topological polar surface area (TPSA) is 55.4 Å². The third kappa shape index (κ3) is 4.96. The Hall–Kier alpha value is -2.54. The third-order valence-electron chi connectivity index (χ3n) is 3.19. The number of nitrogens with one attached hydrogen (secondary N) is 1. The zero-order chi connectivity index (χ0) is 18.6. The maximum absolute atomic E-state index is 12.9. The number of ether oxygens (including phenoxy) is 1. The first kappa shape index (κ1) is 18.8. The number of alkyl halides is 3. The molecule has 8 heteroatoms. The molecule has 0 heterocycles. The second-order valence-corrected chi connectivity index (χ2v) is 5.51. The van der Waals surface area contributed by atoms with Gasteiger partial charge < -0.3 is 10.1 Å². The number of hydrogen-bond acceptors (Lipinski definition) is 3. The van der Waals surface area contributed by atoms with Crippen LogP contribution in [-0.4, -0.2) is 18.3 Å². The van der Waals surface area contributed by atoms with Crippen LogP contribution in [0.1, 0.15) is 22.8 Å². The van der Waals surface area contributed by atoms with Gasteiger partial charge >= 0.3 is 6.18 Å². The van der Waals surface area contributed by atoms with Crippen LogP contribution in [-0.2, 0) is 11.0 Å². The van der Waals surface area contributed by atoms with Gasteiger partial charge in [0.15, 0.2) is 12.4 Å². The van der Waals surface area contributed by atoms with Crippen LogP contribution in [0.25, 0.3) is 0 Å². The largest absolute Gasteiger partial charge is 0.483 e. The van der Waals surface area contributed by atoms with Crippen LogP contribution in [0.2, 0.25) is 5.02 Å². The van der Waals surface area contributed by atoms with E-state index in [4.69, 9.17) is 16.3 Å². The second-order valence-electron chi connectivity index (χ2n) is 5.08. The SMILES string of the molecule is CC(=O)c1cc(Cl)ccc1OCC(=O)Nc1ccccc1C(F)(F)F. The van der Waals surface area contributed by atoms with Gasteiger partial charge in [-0.1, -0.05) is 23.7 Å². The van der Waals surface area contributed by atoms with E-state index in [1.54, 1.807) is 0 Å². The molecule has 0 radical (unpaired) electrons. The van der Waals surface area contributed by atoms with Crippen LogP contribution in [0.4, 0.5) is 18.9 Å². The van der Waals surface area contributed by atoms with Crippen molar-refractivity contribution < 1.29 is 27.5 Å². The van der Waals surface area contributed by atoms with E-state index in [0.29, 0.717) is 5.02 Å². The van der Waals surface area contributed by atoms with Gasteiger partial charge in [0.05, 0.1) is 16.8 Å². The minimum atomic E-state index is -4.59. The highest BCUT2D eigenvalue weighted by molar-refractivity contribution is 6.31. The standard InChI is InChI=1S/C17H13ClF3NO3/c1-10(23)12-8-11(18)6-7-15(12)25-9-16(24)22-14-5-3-2-4-13(14)17(19,20)21/h2-8H,9H2,1H3,(H,22,24). The molecule has 2 aromatic rings. The molecule has 0 aliphatic rings. The summed E-state index contributed by atoms with van der Waals surface area (Å²) < 4.78 is 43.9. The molecule has 1 amide bonds. The van der Waals surface area contributed by atoms with Crippen LogP contribution < -0.4 is 10.1 Å². The molecule has 0 aliphatic heterocycles. The van der Waals surface area contributed by atoms with Gasteiger partial charge in [-0.05, 0) is 37.3 Å². The van der Waals surface area contributed by atoms with Crippen molar-refractivity contribution in [3.63, 3.8) is 0 Å². The summed E-state index contributed by atoms with van der Waals surface area (Å²) in [6.45, 7) is 0.742. The van der Waals surface area contributed by atoms with Crippen LogP contribution in [0.3, 0.4) is 0 Å². The number of benzene rings is 2. The van der Waals surface area contributed by atoms with Crippen molar-refractivity contribution >= 4 is 29.0 Å². The predicted octanol–water partition coefficient (Wildman–Crippen LogP) is 4.58. The predicted molar refractivity (Wildman–Crippen MR) is 87.0 cm³/mol. The van der Waals surface area contributed by atoms with Gasteiger partial charge in [-0.2, -0.15) is 13.2 Å². The summed E-state index contributed by atoms with van der Waals surface area (Å²) in [5.74, 6) is -0.988. The Labute approximate surface area is 146 Å². The molecule has 2 rings (SSSR count). The van der Waals surface area contributed by atoms with E-state index in [-0.39, 0.29) is 22.8 Å². The van der Waals surface area contributed by atoms with Crippen molar-refractivity contribution in [3.8, 4) is 5.75 Å². The minimum absolute atomic E-state index is 0.121. The van der Waals surface area contributed by atoms with Crippen LogP contribution in [0, 0.1) is 0 Å². The fourth-order valence-electron chi connectivity index (χ4n) is 2.07. The summed E-state index contributed by atoms with van der Waals surface area (Å²) in [5, 5.41) is 2.47. The van der Waals surface area contributed by atoms with Gasteiger partial charge in [0.1, 0.15) is 5.75 Å². The van der Waals surface area contributed by atoms with Crippen LogP contribution >= 0.6 is 11.6 Å². The Morgan fingerprint density at radius 3 is 2.48 bits per heavy atom. The second kappa shape index (κ2) is 7.57. The smallest absolute Gasteiger partial charge is 0.418 e. The Morgan fingerprint density at radius 2 is 1.84 bits per heavy atom. The van der Waals surface area contributed by atoms with Crippen LogP contribution in [0.5, 0.6) is 5.75 Å². The first-order chi connectivity index (χ1) is 11.7. The number of anilines is 1. The average molecular weight is 372 g/mol.